The lowest BCUT2D eigenvalue weighted by Gasteiger charge is -2.21. The Kier molecular flexibility index (Phi) is 5.71. The van der Waals surface area contributed by atoms with Crippen LogP contribution in [0.5, 0.6) is 5.75 Å². The fraction of sp³-hybridized carbons (Fsp3) is 0.263. The van der Waals surface area contributed by atoms with Crippen LogP contribution in [0.1, 0.15) is 42.2 Å². The van der Waals surface area contributed by atoms with Crippen LogP contribution in [0.25, 0.3) is 12.2 Å². The van der Waals surface area contributed by atoms with E-state index < -0.39 is 0 Å². The summed E-state index contributed by atoms with van der Waals surface area (Å²) < 4.78 is 0. The summed E-state index contributed by atoms with van der Waals surface area (Å²) in [6, 6.07) is 9.24. The van der Waals surface area contributed by atoms with Crippen molar-refractivity contribution >= 4 is 17.8 Å². The van der Waals surface area contributed by atoms with Crippen molar-refractivity contribution in [3.05, 3.63) is 46.5 Å². The second-order valence-corrected chi connectivity index (χ2v) is 5.36. The lowest BCUT2D eigenvalue weighted by Crippen LogP contribution is -2.21. The quantitative estimate of drug-likeness (QED) is 0.902. The minimum Gasteiger partial charge on any atom is -0.507 e. The molecule has 1 aromatic carbocycles. The van der Waals surface area contributed by atoms with Crippen molar-refractivity contribution in [2.75, 3.05) is 18.0 Å². The van der Waals surface area contributed by atoms with Gasteiger partial charge in [0.25, 0.3) is 0 Å². The number of benzene rings is 1. The van der Waals surface area contributed by atoms with E-state index in [-0.39, 0.29) is 17.1 Å². The molecule has 0 aliphatic heterocycles. The number of nitrogens with zero attached hydrogens (tertiary/aromatic N) is 5. The Bertz CT molecular complexity index is 886. The molecule has 6 nitrogen and oxygen atoms in total. The third-order valence-corrected chi connectivity index (χ3v) is 3.88. The zero-order chi connectivity index (χ0) is 18.4. The number of hydrogen-bond donors (Lipinski definition) is 1. The molecule has 0 aliphatic rings. The maximum Gasteiger partial charge on any atom is 0.177 e. The zero-order valence-electron chi connectivity index (χ0n) is 14.5. The first-order valence-corrected chi connectivity index (χ1v) is 7.98. The summed E-state index contributed by atoms with van der Waals surface area (Å²) in [4.78, 5) is 10.4. The van der Waals surface area contributed by atoms with E-state index in [1.807, 2.05) is 24.3 Å². The Balaban J connectivity index is 2.34. The van der Waals surface area contributed by atoms with Gasteiger partial charge in [-0.15, -0.1) is 0 Å². The smallest absolute Gasteiger partial charge is 0.177 e. The Morgan fingerprint density at radius 1 is 1.08 bits per heavy atom. The molecule has 2 rings (SSSR count). The number of aryl methyl sites for hydroxylation is 1. The van der Waals surface area contributed by atoms with Gasteiger partial charge in [-0.1, -0.05) is 0 Å². The maximum atomic E-state index is 10.3. The van der Waals surface area contributed by atoms with Crippen LogP contribution in [0, 0.1) is 29.6 Å². The molecule has 25 heavy (non-hydrogen) atoms. The minimum absolute atomic E-state index is 0.00569. The second kappa shape index (κ2) is 7.94. The molecule has 1 N–H and O–H groups in total. The molecule has 0 atom stereocenters. The van der Waals surface area contributed by atoms with Crippen LogP contribution in [0.3, 0.4) is 0 Å². The third-order valence-electron chi connectivity index (χ3n) is 3.88. The first-order valence-electron chi connectivity index (χ1n) is 7.98. The summed E-state index contributed by atoms with van der Waals surface area (Å²) in [5, 5.41) is 28.3. The van der Waals surface area contributed by atoms with Gasteiger partial charge in [-0.05, 0) is 45.1 Å². The average Bonchev–Trinajstić information content (AvgIpc) is 2.62. The summed E-state index contributed by atoms with van der Waals surface area (Å²) in [5.74, 6) is 0.167. The number of phenolic OH excluding ortho intramolecular Hbond substituents is 1. The highest BCUT2D eigenvalue weighted by Gasteiger charge is 2.09. The number of aromatic hydroxyl groups is 1. The van der Waals surface area contributed by atoms with Crippen LogP contribution in [0.4, 0.5) is 5.69 Å². The van der Waals surface area contributed by atoms with Crippen molar-refractivity contribution in [1.29, 1.82) is 10.5 Å². The van der Waals surface area contributed by atoms with E-state index in [0.717, 1.165) is 18.8 Å². The Labute approximate surface area is 147 Å². The Hall–Kier alpha value is -3.38. The van der Waals surface area contributed by atoms with Crippen molar-refractivity contribution in [3.8, 4) is 17.9 Å². The largest absolute Gasteiger partial charge is 0.507 e. The number of phenols is 1. The lowest BCUT2D eigenvalue weighted by atomic mass is 10.1. The number of anilines is 1. The van der Waals surface area contributed by atoms with Gasteiger partial charge < -0.3 is 10.0 Å². The highest BCUT2D eigenvalue weighted by atomic mass is 16.3. The van der Waals surface area contributed by atoms with E-state index in [1.165, 1.54) is 0 Å². The van der Waals surface area contributed by atoms with Crippen molar-refractivity contribution in [2.45, 2.75) is 20.8 Å². The predicted molar refractivity (Wildman–Crippen MR) is 96.8 cm³/mol. The van der Waals surface area contributed by atoms with E-state index in [0.29, 0.717) is 17.0 Å². The van der Waals surface area contributed by atoms with E-state index in [9.17, 15) is 5.11 Å². The van der Waals surface area contributed by atoms with Crippen LogP contribution in [-0.4, -0.2) is 28.2 Å². The molecule has 2 aromatic rings. The van der Waals surface area contributed by atoms with Crippen molar-refractivity contribution in [2.24, 2.45) is 0 Å². The first kappa shape index (κ1) is 18.0. The van der Waals surface area contributed by atoms with Crippen LogP contribution >= 0.6 is 0 Å². The first-order chi connectivity index (χ1) is 12.0. The molecule has 1 aromatic heterocycles. The molecule has 0 bridgehead atoms. The highest BCUT2D eigenvalue weighted by molar-refractivity contribution is 5.73. The standard InChI is InChI=1S/C19H19N5O/c1-4-24(5-2)15-8-6-14(19(25)10-15)7-9-16-13(3)22-17(11-20)18(12-21)23-16/h6-10,25H,4-5H2,1-3H3/b9-7+. The van der Waals surface area contributed by atoms with E-state index >= 15 is 0 Å². The topological polar surface area (TPSA) is 96.8 Å². The SMILES string of the molecule is CCN(CC)c1ccc(/C=C/c2nc(C#N)c(C#N)nc2C)c(O)c1. The molecule has 0 unspecified atom stereocenters. The predicted octanol–water partition coefficient (Wildman–Crippen LogP) is 3.25. The molecule has 0 saturated heterocycles. The number of nitriles is 2. The molecule has 0 spiro atoms. The fourth-order valence-corrected chi connectivity index (χ4v) is 2.47. The fourth-order valence-electron chi connectivity index (χ4n) is 2.47. The molecule has 0 amide bonds. The van der Waals surface area contributed by atoms with Gasteiger partial charge in [-0.3, -0.25) is 0 Å². The molecule has 0 fully saturated rings. The van der Waals surface area contributed by atoms with Gasteiger partial charge >= 0.3 is 0 Å². The monoisotopic (exact) mass is 333 g/mol. The molecular weight excluding hydrogens is 314 g/mol. The van der Waals surface area contributed by atoms with Crippen LogP contribution in [0.15, 0.2) is 18.2 Å². The van der Waals surface area contributed by atoms with Crippen molar-refractivity contribution in [1.82, 2.24) is 9.97 Å². The summed E-state index contributed by atoms with van der Waals surface area (Å²) in [6.07, 6.45) is 3.39. The van der Waals surface area contributed by atoms with Crippen LogP contribution in [-0.2, 0) is 0 Å². The molecular formula is C19H19N5O. The van der Waals surface area contributed by atoms with Crippen LogP contribution < -0.4 is 4.90 Å². The maximum absolute atomic E-state index is 10.3. The van der Waals surface area contributed by atoms with Crippen molar-refractivity contribution in [3.63, 3.8) is 0 Å². The van der Waals surface area contributed by atoms with Crippen LogP contribution in [0.2, 0.25) is 0 Å². The number of rotatable bonds is 5. The van der Waals surface area contributed by atoms with Gasteiger partial charge in [0.1, 0.15) is 17.9 Å². The van der Waals surface area contributed by atoms with Gasteiger partial charge in [-0.25, -0.2) is 9.97 Å². The Morgan fingerprint density at radius 2 is 1.72 bits per heavy atom. The molecule has 0 saturated carbocycles. The van der Waals surface area contributed by atoms with Gasteiger partial charge in [-0.2, -0.15) is 10.5 Å². The summed E-state index contributed by atoms with van der Waals surface area (Å²) in [7, 11) is 0. The number of aromatic nitrogens is 2. The summed E-state index contributed by atoms with van der Waals surface area (Å²) in [6.45, 7) is 7.57. The minimum atomic E-state index is -0.00569. The Morgan fingerprint density at radius 3 is 2.28 bits per heavy atom. The molecule has 0 radical (unpaired) electrons. The molecule has 126 valence electrons. The van der Waals surface area contributed by atoms with Gasteiger partial charge in [0.05, 0.1) is 11.4 Å². The van der Waals surface area contributed by atoms with Gasteiger partial charge in [0, 0.05) is 30.4 Å². The molecule has 0 aliphatic carbocycles. The normalized spacial score (nSPS) is 10.4. The second-order valence-electron chi connectivity index (χ2n) is 5.36. The number of hydrogen-bond acceptors (Lipinski definition) is 6. The van der Waals surface area contributed by atoms with Gasteiger partial charge in [0.2, 0.25) is 0 Å². The van der Waals surface area contributed by atoms with E-state index in [2.05, 4.69) is 28.7 Å². The molecule has 6 heteroatoms. The molecule has 1 heterocycles. The van der Waals surface area contributed by atoms with E-state index in [1.54, 1.807) is 25.1 Å². The average molecular weight is 333 g/mol. The van der Waals surface area contributed by atoms with Gasteiger partial charge in [0.15, 0.2) is 11.4 Å². The zero-order valence-corrected chi connectivity index (χ0v) is 14.5. The highest BCUT2D eigenvalue weighted by Crippen LogP contribution is 2.26. The summed E-state index contributed by atoms with van der Waals surface area (Å²) in [5.41, 5.74) is 2.65. The lowest BCUT2D eigenvalue weighted by molar-refractivity contribution is 0.474. The van der Waals surface area contributed by atoms with E-state index in [4.69, 9.17) is 10.5 Å². The van der Waals surface area contributed by atoms with Crippen molar-refractivity contribution < 1.29 is 5.11 Å². The third kappa shape index (κ3) is 3.94. The summed E-state index contributed by atoms with van der Waals surface area (Å²) >= 11 is 0.